The molecule has 0 aliphatic rings. The zero-order valence-corrected chi connectivity index (χ0v) is 15.8. The second kappa shape index (κ2) is 7.92. The van der Waals surface area contributed by atoms with Crippen LogP contribution < -0.4 is 10.0 Å². The van der Waals surface area contributed by atoms with Crippen LogP contribution in [0.5, 0.6) is 0 Å². The minimum absolute atomic E-state index is 0.141. The van der Waals surface area contributed by atoms with E-state index in [9.17, 15) is 13.2 Å². The van der Waals surface area contributed by atoms with Gasteiger partial charge in [0.05, 0.1) is 10.9 Å². The standard InChI is InChI=1S/C17H19BrN2O3S/c1-3-19-24(22,23)16-10-6-14(7-11-16)17(21)20-12(2)13-4-8-15(18)9-5-13/h4-12,19H,3H2,1-2H3,(H,20,21)/t12-/m1/s1. The van der Waals surface area contributed by atoms with Crippen LogP contribution in [-0.4, -0.2) is 20.9 Å². The SMILES string of the molecule is CCNS(=O)(=O)c1ccc(C(=O)N[C@H](C)c2ccc(Br)cc2)cc1. The van der Waals surface area contributed by atoms with E-state index >= 15 is 0 Å². The Bertz CT molecular complexity index is 803. The van der Waals surface area contributed by atoms with E-state index in [-0.39, 0.29) is 16.8 Å². The van der Waals surface area contributed by atoms with E-state index < -0.39 is 10.0 Å². The molecule has 2 rings (SSSR count). The molecule has 0 heterocycles. The van der Waals surface area contributed by atoms with Gasteiger partial charge < -0.3 is 5.32 Å². The van der Waals surface area contributed by atoms with E-state index in [1.54, 1.807) is 6.92 Å². The lowest BCUT2D eigenvalue weighted by Gasteiger charge is -2.14. The average Bonchev–Trinajstić information content (AvgIpc) is 2.55. The van der Waals surface area contributed by atoms with Gasteiger partial charge in [-0.2, -0.15) is 0 Å². The molecule has 5 nitrogen and oxygen atoms in total. The number of carbonyl (C=O) groups is 1. The summed E-state index contributed by atoms with van der Waals surface area (Å²) < 4.78 is 27.2. The fourth-order valence-corrected chi connectivity index (χ4v) is 3.48. The summed E-state index contributed by atoms with van der Waals surface area (Å²) in [5, 5.41) is 2.90. The molecule has 128 valence electrons. The maximum atomic E-state index is 12.3. The number of carbonyl (C=O) groups excluding carboxylic acids is 1. The van der Waals surface area contributed by atoms with E-state index in [0.29, 0.717) is 12.1 Å². The molecule has 7 heteroatoms. The van der Waals surface area contributed by atoms with E-state index in [2.05, 4.69) is 26.0 Å². The molecule has 0 aliphatic heterocycles. The molecule has 0 aliphatic carbocycles. The Morgan fingerprint density at radius 1 is 1.08 bits per heavy atom. The number of rotatable bonds is 6. The van der Waals surface area contributed by atoms with Crippen molar-refractivity contribution in [3.63, 3.8) is 0 Å². The third kappa shape index (κ3) is 4.66. The highest BCUT2D eigenvalue weighted by molar-refractivity contribution is 9.10. The molecule has 0 bridgehead atoms. The molecule has 2 aromatic carbocycles. The summed E-state index contributed by atoms with van der Waals surface area (Å²) in [6, 6.07) is 13.4. The van der Waals surface area contributed by atoms with Gasteiger partial charge in [-0.3, -0.25) is 4.79 Å². The van der Waals surface area contributed by atoms with Crippen molar-refractivity contribution < 1.29 is 13.2 Å². The van der Waals surface area contributed by atoms with Crippen molar-refractivity contribution in [3.8, 4) is 0 Å². The summed E-state index contributed by atoms with van der Waals surface area (Å²) in [4.78, 5) is 12.4. The molecule has 2 aromatic rings. The highest BCUT2D eigenvalue weighted by atomic mass is 79.9. The smallest absolute Gasteiger partial charge is 0.251 e. The monoisotopic (exact) mass is 410 g/mol. The molecule has 1 atom stereocenters. The predicted molar refractivity (Wildman–Crippen MR) is 97.3 cm³/mol. The molecule has 24 heavy (non-hydrogen) atoms. The number of hydrogen-bond donors (Lipinski definition) is 2. The minimum Gasteiger partial charge on any atom is -0.346 e. The Morgan fingerprint density at radius 2 is 1.67 bits per heavy atom. The van der Waals surface area contributed by atoms with Gasteiger partial charge in [0, 0.05) is 16.6 Å². The summed E-state index contributed by atoms with van der Waals surface area (Å²) in [7, 11) is -3.51. The molecule has 0 saturated heterocycles. The minimum atomic E-state index is -3.51. The van der Waals surface area contributed by atoms with Crippen molar-refractivity contribution >= 4 is 31.9 Å². The second-order valence-corrected chi connectivity index (χ2v) is 7.96. The first-order valence-corrected chi connectivity index (χ1v) is 9.77. The van der Waals surface area contributed by atoms with Gasteiger partial charge in [0.25, 0.3) is 5.91 Å². The second-order valence-electron chi connectivity index (χ2n) is 5.27. The van der Waals surface area contributed by atoms with Crippen LogP contribution in [0.25, 0.3) is 0 Å². The van der Waals surface area contributed by atoms with E-state index in [0.717, 1.165) is 10.0 Å². The lowest BCUT2D eigenvalue weighted by Crippen LogP contribution is -2.27. The highest BCUT2D eigenvalue weighted by Gasteiger charge is 2.15. The average molecular weight is 411 g/mol. The van der Waals surface area contributed by atoms with Crippen LogP contribution in [0.1, 0.15) is 35.8 Å². The van der Waals surface area contributed by atoms with Crippen LogP contribution in [-0.2, 0) is 10.0 Å². The van der Waals surface area contributed by atoms with Crippen molar-refractivity contribution in [3.05, 3.63) is 64.1 Å². The maximum absolute atomic E-state index is 12.3. The molecular formula is C17H19BrN2O3S. The van der Waals surface area contributed by atoms with Gasteiger partial charge in [-0.25, -0.2) is 13.1 Å². The molecular weight excluding hydrogens is 392 g/mol. The molecule has 2 N–H and O–H groups in total. The van der Waals surface area contributed by atoms with Crippen LogP contribution in [0.15, 0.2) is 57.9 Å². The number of sulfonamides is 1. The van der Waals surface area contributed by atoms with Crippen LogP contribution in [0.3, 0.4) is 0 Å². The Balaban J connectivity index is 2.09. The number of hydrogen-bond acceptors (Lipinski definition) is 3. The molecule has 0 aromatic heterocycles. The summed E-state index contributed by atoms with van der Waals surface area (Å²) >= 11 is 3.37. The zero-order chi connectivity index (χ0) is 17.7. The zero-order valence-electron chi connectivity index (χ0n) is 13.4. The lowest BCUT2D eigenvalue weighted by molar-refractivity contribution is 0.0940. The van der Waals surface area contributed by atoms with Crippen LogP contribution in [0, 0.1) is 0 Å². The number of nitrogens with one attached hydrogen (secondary N) is 2. The Kier molecular flexibility index (Phi) is 6.15. The number of halogens is 1. The molecule has 0 fully saturated rings. The summed E-state index contributed by atoms with van der Waals surface area (Å²) in [5.41, 5.74) is 1.40. The Labute approximate surface area is 150 Å². The molecule has 1 amide bonds. The van der Waals surface area contributed by atoms with Crippen LogP contribution in [0.4, 0.5) is 0 Å². The van der Waals surface area contributed by atoms with Gasteiger partial charge in [0.2, 0.25) is 10.0 Å². The highest BCUT2D eigenvalue weighted by Crippen LogP contribution is 2.17. The van der Waals surface area contributed by atoms with Crippen molar-refractivity contribution in [2.75, 3.05) is 6.54 Å². The van der Waals surface area contributed by atoms with E-state index in [1.165, 1.54) is 24.3 Å². The quantitative estimate of drug-likeness (QED) is 0.767. The molecule has 0 unspecified atom stereocenters. The third-order valence-corrected chi connectivity index (χ3v) is 5.57. The van der Waals surface area contributed by atoms with Gasteiger partial charge in [-0.1, -0.05) is 35.0 Å². The molecule has 0 radical (unpaired) electrons. The van der Waals surface area contributed by atoms with Gasteiger partial charge >= 0.3 is 0 Å². The number of amides is 1. The predicted octanol–water partition coefficient (Wildman–Crippen LogP) is 3.24. The maximum Gasteiger partial charge on any atom is 0.251 e. The number of benzene rings is 2. The molecule has 0 spiro atoms. The van der Waals surface area contributed by atoms with Crippen molar-refractivity contribution in [2.24, 2.45) is 0 Å². The Hall–Kier alpha value is -1.70. The lowest BCUT2D eigenvalue weighted by atomic mass is 10.1. The largest absolute Gasteiger partial charge is 0.346 e. The topological polar surface area (TPSA) is 75.3 Å². The van der Waals surface area contributed by atoms with Crippen LogP contribution >= 0.6 is 15.9 Å². The van der Waals surface area contributed by atoms with Gasteiger partial charge in [-0.15, -0.1) is 0 Å². The van der Waals surface area contributed by atoms with Gasteiger partial charge in [-0.05, 0) is 48.9 Å². The summed E-state index contributed by atoms with van der Waals surface area (Å²) in [6.45, 7) is 3.92. The van der Waals surface area contributed by atoms with Crippen molar-refractivity contribution in [1.29, 1.82) is 0 Å². The van der Waals surface area contributed by atoms with E-state index in [4.69, 9.17) is 0 Å². The first-order valence-electron chi connectivity index (χ1n) is 7.49. The summed E-state index contributed by atoms with van der Waals surface area (Å²) in [5.74, 6) is -0.252. The first kappa shape index (κ1) is 18.6. The van der Waals surface area contributed by atoms with Crippen molar-refractivity contribution in [2.45, 2.75) is 24.8 Å². The normalized spacial score (nSPS) is 12.6. The third-order valence-electron chi connectivity index (χ3n) is 3.48. The van der Waals surface area contributed by atoms with Gasteiger partial charge in [0.1, 0.15) is 0 Å². The molecule has 0 saturated carbocycles. The first-order chi connectivity index (χ1) is 11.3. The van der Waals surface area contributed by atoms with Crippen LogP contribution in [0.2, 0.25) is 0 Å². The van der Waals surface area contributed by atoms with E-state index in [1.807, 2.05) is 31.2 Å². The summed E-state index contributed by atoms with van der Waals surface area (Å²) in [6.07, 6.45) is 0. The Morgan fingerprint density at radius 3 is 2.21 bits per heavy atom. The van der Waals surface area contributed by atoms with Gasteiger partial charge in [0.15, 0.2) is 0 Å². The fraction of sp³-hybridized carbons (Fsp3) is 0.235. The fourth-order valence-electron chi connectivity index (χ4n) is 2.17. The van der Waals surface area contributed by atoms with Crippen molar-refractivity contribution in [1.82, 2.24) is 10.0 Å².